The van der Waals surface area contributed by atoms with Crippen molar-refractivity contribution in [3.8, 4) is 11.1 Å². The Morgan fingerprint density at radius 3 is 2.04 bits per heavy atom. The van der Waals surface area contributed by atoms with E-state index in [0.29, 0.717) is 6.08 Å². The number of hydrogen-bond acceptors (Lipinski definition) is 0. The first-order valence-electron chi connectivity index (χ1n) is 7.28. The summed E-state index contributed by atoms with van der Waals surface area (Å²) in [7, 11) is 0. The van der Waals surface area contributed by atoms with Gasteiger partial charge >= 0.3 is 0 Å². The van der Waals surface area contributed by atoms with E-state index in [4.69, 9.17) is 0 Å². The van der Waals surface area contributed by atoms with E-state index in [1.807, 2.05) is 0 Å². The van der Waals surface area contributed by atoms with E-state index in [1.54, 1.807) is 6.92 Å². The highest BCUT2D eigenvalue weighted by Gasteiger charge is 2.20. The number of hydrogen-bond donors (Lipinski definition) is 0. The highest BCUT2D eigenvalue weighted by molar-refractivity contribution is 5.68. The predicted molar refractivity (Wildman–Crippen MR) is 80.8 cm³/mol. The highest BCUT2D eigenvalue weighted by Crippen LogP contribution is 2.31. The molecule has 0 saturated heterocycles. The van der Waals surface area contributed by atoms with Crippen molar-refractivity contribution in [2.75, 3.05) is 6.67 Å². The summed E-state index contributed by atoms with van der Waals surface area (Å²) in [5.41, 5.74) is -1.23. The van der Waals surface area contributed by atoms with Crippen molar-refractivity contribution in [1.82, 2.24) is 0 Å². The predicted octanol–water partition coefficient (Wildman–Crippen LogP) is 6.14. The quantitative estimate of drug-likeness (QED) is 0.571. The van der Waals surface area contributed by atoms with Crippen LogP contribution in [-0.4, -0.2) is 6.67 Å². The SMILES string of the molecule is CCc1ccc(-c2ccc(C=C(F)CCF)c(F)c2F)c(F)c1F. The molecule has 2 rings (SSSR count). The second kappa shape index (κ2) is 7.55. The van der Waals surface area contributed by atoms with Crippen LogP contribution < -0.4 is 0 Å². The van der Waals surface area contributed by atoms with E-state index in [9.17, 15) is 26.3 Å². The molecule has 0 bridgehead atoms. The summed E-state index contributed by atoms with van der Waals surface area (Å²) in [6.07, 6.45) is 0.359. The first-order chi connectivity index (χ1) is 11.4. The van der Waals surface area contributed by atoms with Crippen molar-refractivity contribution >= 4 is 6.08 Å². The fourth-order valence-electron chi connectivity index (χ4n) is 2.29. The lowest BCUT2D eigenvalue weighted by molar-refractivity contribution is 0.458. The molecule has 2 aromatic rings. The van der Waals surface area contributed by atoms with Gasteiger partial charge in [-0.3, -0.25) is 4.39 Å². The van der Waals surface area contributed by atoms with Crippen LogP contribution in [0.25, 0.3) is 17.2 Å². The topological polar surface area (TPSA) is 0 Å². The minimum absolute atomic E-state index is 0.116. The van der Waals surface area contributed by atoms with Gasteiger partial charge in [-0.1, -0.05) is 31.2 Å². The monoisotopic (exact) mass is 344 g/mol. The smallest absolute Gasteiger partial charge is 0.167 e. The van der Waals surface area contributed by atoms with Crippen molar-refractivity contribution in [3.05, 3.63) is 64.5 Å². The number of allylic oxidation sites excluding steroid dienone is 1. The summed E-state index contributed by atoms with van der Waals surface area (Å²) in [4.78, 5) is 0. The van der Waals surface area contributed by atoms with Crippen LogP contribution in [0.3, 0.4) is 0 Å². The zero-order chi connectivity index (χ0) is 17.9. The van der Waals surface area contributed by atoms with Crippen LogP contribution in [0.2, 0.25) is 0 Å². The van der Waals surface area contributed by atoms with Crippen molar-refractivity contribution in [2.45, 2.75) is 19.8 Å². The number of rotatable bonds is 5. The molecule has 128 valence electrons. The molecule has 0 fully saturated rings. The second-order valence-corrected chi connectivity index (χ2v) is 5.11. The Bertz CT molecular complexity index is 780. The summed E-state index contributed by atoms with van der Waals surface area (Å²) in [6.45, 7) is 0.656. The first-order valence-corrected chi connectivity index (χ1v) is 7.28. The van der Waals surface area contributed by atoms with Gasteiger partial charge in [-0.25, -0.2) is 22.0 Å². The molecule has 0 N–H and O–H groups in total. The van der Waals surface area contributed by atoms with E-state index >= 15 is 0 Å². The molecule has 0 aromatic heterocycles. The van der Waals surface area contributed by atoms with Gasteiger partial charge < -0.3 is 0 Å². The van der Waals surface area contributed by atoms with Crippen LogP contribution in [0.4, 0.5) is 26.3 Å². The third-order valence-electron chi connectivity index (χ3n) is 3.59. The molecule has 0 aliphatic carbocycles. The molecule has 0 saturated carbocycles. The Morgan fingerprint density at radius 1 is 0.875 bits per heavy atom. The van der Waals surface area contributed by atoms with Gasteiger partial charge in [-0.2, -0.15) is 0 Å². The molecule has 0 aliphatic heterocycles. The normalized spacial score (nSPS) is 11.9. The maximum absolute atomic E-state index is 14.2. The van der Waals surface area contributed by atoms with Crippen LogP contribution in [0.15, 0.2) is 30.1 Å². The Kier molecular flexibility index (Phi) is 5.70. The summed E-state index contributed by atoms with van der Waals surface area (Å²) >= 11 is 0. The average Bonchev–Trinajstić information content (AvgIpc) is 2.55. The van der Waals surface area contributed by atoms with Gasteiger partial charge in [-0.05, 0) is 18.1 Å². The zero-order valence-corrected chi connectivity index (χ0v) is 12.8. The van der Waals surface area contributed by atoms with Crippen LogP contribution in [-0.2, 0) is 6.42 Å². The Morgan fingerprint density at radius 2 is 1.46 bits per heavy atom. The second-order valence-electron chi connectivity index (χ2n) is 5.11. The lowest BCUT2D eigenvalue weighted by atomic mass is 9.99. The van der Waals surface area contributed by atoms with Crippen molar-refractivity contribution < 1.29 is 26.3 Å². The largest absolute Gasteiger partial charge is 0.251 e. The molecule has 0 atom stereocenters. The lowest BCUT2D eigenvalue weighted by Gasteiger charge is -2.10. The Labute approximate surface area is 135 Å². The van der Waals surface area contributed by atoms with E-state index in [0.717, 1.165) is 18.2 Å². The summed E-state index contributed by atoms with van der Waals surface area (Å²) < 4.78 is 81.4. The van der Waals surface area contributed by atoms with Crippen LogP contribution in [0.1, 0.15) is 24.5 Å². The van der Waals surface area contributed by atoms with Gasteiger partial charge in [0.05, 0.1) is 6.67 Å². The molecular formula is C18H14F6. The fraction of sp³-hybridized carbons (Fsp3) is 0.222. The van der Waals surface area contributed by atoms with Gasteiger partial charge in [0.15, 0.2) is 23.3 Å². The van der Waals surface area contributed by atoms with Crippen molar-refractivity contribution in [3.63, 3.8) is 0 Å². The Balaban J connectivity index is 2.53. The molecule has 6 heteroatoms. The highest BCUT2D eigenvalue weighted by atomic mass is 19.2. The van der Waals surface area contributed by atoms with Crippen LogP contribution in [0, 0.1) is 23.3 Å². The first kappa shape index (κ1) is 18.1. The molecule has 0 unspecified atom stereocenters. The zero-order valence-electron chi connectivity index (χ0n) is 12.8. The molecule has 0 radical (unpaired) electrons. The van der Waals surface area contributed by atoms with Crippen LogP contribution in [0.5, 0.6) is 0 Å². The van der Waals surface area contributed by atoms with Gasteiger partial charge in [0, 0.05) is 23.1 Å². The number of halogens is 6. The summed E-state index contributed by atoms with van der Waals surface area (Å²) in [6, 6.07) is 4.50. The van der Waals surface area contributed by atoms with Crippen molar-refractivity contribution in [1.29, 1.82) is 0 Å². The lowest BCUT2D eigenvalue weighted by Crippen LogP contribution is -1.99. The minimum atomic E-state index is -1.43. The third-order valence-corrected chi connectivity index (χ3v) is 3.59. The molecular weight excluding hydrogens is 330 g/mol. The van der Waals surface area contributed by atoms with Gasteiger partial charge in [0.2, 0.25) is 0 Å². The van der Waals surface area contributed by atoms with E-state index in [-0.39, 0.29) is 12.0 Å². The molecule has 0 aliphatic rings. The summed E-state index contributed by atoms with van der Waals surface area (Å²) in [5, 5.41) is 0. The minimum Gasteiger partial charge on any atom is -0.251 e. The average molecular weight is 344 g/mol. The van der Waals surface area contributed by atoms with Gasteiger partial charge in [0.1, 0.15) is 5.83 Å². The Hall–Kier alpha value is -2.24. The van der Waals surface area contributed by atoms with Crippen molar-refractivity contribution in [2.24, 2.45) is 0 Å². The molecule has 24 heavy (non-hydrogen) atoms. The van der Waals surface area contributed by atoms with Gasteiger partial charge in [0.25, 0.3) is 0 Å². The van der Waals surface area contributed by atoms with E-state index < -0.39 is 58.9 Å². The van der Waals surface area contributed by atoms with Gasteiger partial charge in [-0.15, -0.1) is 0 Å². The molecule has 0 heterocycles. The van der Waals surface area contributed by atoms with E-state index in [1.165, 1.54) is 6.07 Å². The molecule has 0 spiro atoms. The molecule has 0 amide bonds. The molecule has 2 aromatic carbocycles. The fourth-order valence-corrected chi connectivity index (χ4v) is 2.29. The maximum atomic E-state index is 14.2. The number of benzene rings is 2. The number of aryl methyl sites for hydroxylation is 1. The standard InChI is InChI=1S/C18H14F6/c1-2-10-3-5-13(17(23)15(10)21)14-6-4-11(16(22)18(14)24)9-12(20)7-8-19/h3-6,9H,2,7-8H2,1H3. The summed E-state index contributed by atoms with van der Waals surface area (Å²) in [5.74, 6) is -6.19. The molecule has 0 nitrogen and oxygen atoms in total. The van der Waals surface area contributed by atoms with Crippen LogP contribution >= 0.6 is 0 Å². The number of alkyl halides is 1. The van der Waals surface area contributed by atoms with E-state index in [2.05, 4.69) is 0 Å². The maximum Gasteiger partial charge on any atom is 0.167 e. The third kappa shape index (κ3) is 3.47.